The van der Waals surface area contributed by atoms with Gasteiger partial charge in [-0.25, -0.2) is 0 Å². The molecule has 1 radical (unpaired) electrons. The average Bonchev–Trinajstić information content (AvgIpc) is 2.28. The fourth-order valence-electron chi connectivity index (χ4n) is 1.92. The number of para-hydroxylation sites is 1. The van der Waals surface area contributed by atoms with Gasteiger partial charge in [0.25, 0.3) is 0 Å². The maximum Gasteiger partial charge on any atom is 0.130 e. The van der Waals surface area contributed by atoms with E-state index in [1.54, 1.807) is 0 Å². The molecule has 0 N–H and O–H groups in total. The predicted octanol–water partition coefficient (Wildman–Crippen LogP) is 3.79. The third kappa shape index (κ3) is 2.76. The Morgan fingerprint density at radius 2 is 2.00 bits per heavy atom. The zero-order valence-corrected chi connectivity index (χ0v) is 10.7. The van der Waals surface area contributed by atoms with E-state index >= 15 is 0 Å². The van der Waals surface area contributed by atoms with Crippen LogP contribution < -0.4 is 4.74 Å². The third-order valence-electron chi connectivity index (χ3n) is 2.57. The second-order valence-electron chi connectivity index (χ2n) is 4.45. The number of hydrogen-bond acceptors (Lipinski definition) is 2. The molecule has 0 aliphatic carbocycles. The number of nitrogens with zero attached hydrogens (tertiary/aromatic N) is 1. The van der Waals surface area contributed by atoms with E-state index in [1.165, 1.54) is 5.92 Å². The van der Waals surface area contributed by atoms with Gasteiger partial charge in [-0.2, -0.15) is 0 Å². The number of benzene rings is 1. The van der Waals surface area contributed by atoms with Crippen LogP contribution in [0.4, 0.5) is 0 Å². The van der Waals surface area contributed by atoms with Crippen LogP contribution in [0.15, 0.2) is 30.3 Å². The van der Waals surface area contributed by atoms with Crippen molar-refractivity contribution in [3.8, 4) is 5.75 Å². The summed E-state index contributed by atoms with van der Waals surface area (Å²) in [5.41, 5.74) is 2.09. The Morgan fingerprint density at radius 3 is 2.71 bits per heavy atom. The Hall–Kier alpha value is -1.57. The van der Waals surface area contributed by atoms with Crippen molar-refractivity contribution in [1.82, 2.24) is 4.98 Å². The summed E-state index contributed by atoms with van der Waals surface area (Å²) in [6, 6.07) is 10.2. The largest absolute Gasteiger partial charge is 0.493 e. The Bertz CT molecular complexity index is 505. The summed E-state index contributed by atoms with van der Waals surface area (Å²) in [6.07, 6.45) is 0.908. The molecular weight excluding hydrogens is 210 g/mol. The van der Waals surface area contributed by atoms with Gasteiger partial charge in [-0.05, 0) is 31.4 Å². The van der Waals surface area contributed by atoms with Gasteiger partial charge in [-0.15, -0.1) is 0 Å². The monoisotopic (exact) mass is 228 g/mol. The Morgan fingerprint density at radius 1 is 1.24 bits per heavy atom. The van der Waals surface area contributed by atoms with Gasteiger partial charge in [0, 0.05) is 17.1 Å². The number of fused-ring (bicyclic) bond motifs is 1. The first-order chi connectivity index (χ1) is 8.20. The third-order valence-corrected chi connectivity index (χ3v) is 2.57. The van der Waals surface area contributed by atoms with Gasteiger partial charge in [-0.3, -0.25) is 4.98 Å². The predicted molar refractivity (Wildman–Crippen MR) is 71.2 cm³/mol. The molecule has 1 aromatic carbocycles. The average molecular weight is 228 g/mol. The highest BCUT2D eigenvalue weighted by molar-refractivity contribution is 5.85. The second kappa shape index (κ2) is 5.17. The molecule has 2 heteroatoms. The van der Waals surface area contributed by atoms with Crippen molar-refractivity contribution in [3.63, 3.8) is 0 Å². The smallest absolute Gasteiger partial charge is 0.130 e. The van der Waals surface area contributed by atoms with E-state index in [9.17, 15) is 0 Å². The molecule has 0 aliphatic rings. The van der Waals surface area contributed by atoms with Crippen molar-refractivity contribution in [3.05, 3.63) is 41.9 Å². The molecule has 17 heavy (non-hydrogen) atoms. The second-order valence-corrected chi connectivity index (χ2v) is 4.45. The molecule has 0 aliphatic heterocycles. The molecule has 89 valence electrons. The van der Waals surface area contributed by atoms with Gasteiger partial charge in [-0.1, -0.05) is 26.0 Å². The molecule has 0 saturated carbocycles. The van der Waals surface area contributed by atoms with E-state index in [0.29, 0.717) is 6.61 Å². The SMILES string of the molecule is CCOc1cc(C[C](C)C)nc2ccccc12. The van der Waals surface area contributed by atoms with Gasteiger partial charge in [0.1, 0.15) is 5.75 Å². The van der Waals surface area contributed by atoms with E-state index < -0.39 is 0 Å². The molecule has 0 atom stereocenters. The highest BCUT2D eigenvalue weighted by atomic mass is 16.5. The van der Waals surface area contributed by atoms with Crippen molar-refractivity contribution in [2.75, 3.05) is 6.61 Å². The fourth-order valence-corrected chi connectivity index (χ4v) is 1.92. The maximum absolute atomic E-state index is 5.69. The van der Waals surface area contributed by atoms with Crippen LogP contribution in [0.25, 0.3) is 10.9 Å². The summed E-state index contributed by atoms with van der Waals surface area (Å²) in [4.78, 5) is 4.66. The number of hydrogen-bond donors (Lipinski definition) is 0. The van der Waals surface area contributed by atoms with Crippen LogP contribution in [0.5, 0.6) is 5.75 Å². The minimum absolute atomic E-state index is 0.683. The first kappa shape index (κ1) is 11.9. The summed E-state index contributed by atoms with van der Waals surface area (Å²) in [5.74, 6) is 2.30. The number of aromatic nitrogens is 1. The Balaban J connectivity index is 2.50. The zero-order chi connectivity index (χ0) is 12.3. The first-order valence-electron chi connectivity index (χ1n) is 6.01. The van der Waals surface area contributed by atoms with E-state index in [4.69, 9.17) is 4.74 Å². The molecule has 2 nitrogen and oxygen atoms in total. The number of ether oxygens (including phenoxy) is 1. The van der Waals surface area contributed by atoms with Gasteiger partial charge in [0.05, 0.1) is 12.1 Å². The molecule has 0 bridgehead atoms. The summed E-state index contributed by atoms with van der Waals surface area (Å²) in [6.45, 7) is 6.93. The van der Waals surface area contributed by atoms with Crippen LogP contribution in [0, 0.1) is 5.92 Å². The van der Waals surface area contributed by atoms with E-state index in [2.05, 4.69) is 31.0 Å². The zero-order valence-electron chi connectivity index (χ0n) is 10.7. The van der Waals surface area contributed by atoms with Gasteiger partial charge in [0.15, 0.2) is 0 Å². The summed E-state index contributed by atoms with van der Waals surface area (Å²) in [5, 5.41) is 1.09. The molecule has 0 unspecified atom stereocenters. The molecule has 0 spiro atoms. The molecule has 2 rings (SSSR count). The van der Waals surface area contributed by atoms with Crippen molar-refractivity contribution in [1.29, 1.82) is 0 Å². The van der Waals surface area contributed by atoms with Gasteiger partial charge in [0.2, 0.25) is 0 Å². The van der Waals surface area contributed by atoms with Crippen LogP contribution in [0.3, 0.4) is 0 Å². The van der Waals surface area contributed by atoms with Gasteiger partial charge < -0.3 is 4.74 Å². The highest BCUT2D eigenvalue weighted by Crippen LogP contribution is 2.26. The summed E-state index contributed by atoms with van der Waals surface area (Å²) < 4.78 is 5.69. The minimum atomic E-state index is 0.683. The topological polar surface area (TPSA) is 22.1 Å². The summed E-state index contributed by atoms with van der Waals surface area (Å²) >= 11 is 0. The lowest BCUT2D eigenvalue weighted by atomic mass is 10.1. The Kier molecular flexibility index (Phi) is 3.62. The van der Waals surface area contributed by atoms with Crippen LogP contribution in [-0.2, 0) is 6.42 Å². The first-order valence-corrected chi connectivity index (χ1v) is 6.01. The normalized spacial score (nSPS) is 11.1. The van der Waals surface area contributed by atoms with E-state index in [1.807, 2.05) is 25.1 Å². The van der Waals surface area contributed by atoms with Crippen molar-refractivity contribution >= 4 is 10.9 Å². The van der Waals surface area contributed by atoms with Crippen LogP contribution in [0.2, 0.25) is 0 Å². The van der Waals surface area contributed by atoms with Crippen LogP contribution >= 0.6 is 0 Å². The molecule has 2 aromatic rings. The van der Waals surface area contributed by atoms with Gasteiger partial charge >= 0.3 is 0 Å². The maximum atomic E-state index is 5.69. The van der Waals surface area contributed by atoms with Crippen LogP contribution in [0.1, 0.15) is 26.5 Å². The molecule has 0 fully saturated rings. The lowest BCUT2D eigenvalue weighted by molar-refractivity contribution is 0.343. The van der Waals surface area contributed by atoms with Crippen LogP contribution in [-0.4, -0.2) is 11.6 Å². The fraction of sp³-hybridized carbons (Fsp3) is 0.333. The Labute approximate surface area is 103 Å². The van der Waals surface area contributed by atoms with E-state index in [0.717, 1.165) is 28.8 Å². The molecule has 0 amide bonds. The molecule has 1 aromatic heterocycles. The van der Waals surface area contributed by atoms with Crippen molar-refractivity contribution < 1.29 is 4.74 Å². The van der Waals surface area contributed by atoms with Crippen molar-refractivity contribution in [2.24, 2.45) is 0 Å². The molecular formula is C15H18NO. The molecule has 0 saturated heterocycles. The molecule has 1 heterocycles. The minimum Gasteiger partial charge on any atom is -0.493 e. The number of pyridine rings is 1. The lowest BCUT2D eigenvalue weighted by Gasteiger charge is -2.11. The highest BCUT2D eigenvalue weighted by Gasteiger charge is 2.07. The van der Waals surface area contributed by atoms with Crippen molar-refractivity contribution in [2.45, 2.75) is 27.2 Å². The number of rotatable bonds is 4. The standard InChI is InChI=1S/C15H18NO/c1-4-17-15-10-12(9-11(2)3)16-14-8-6-5-7-13(14)15/h5-8,10H,4,9H2,1-3H3. The summed E-state index contributed by atoms with van der Waals surface area (Å²) in [7, 11) is 0. The lowest BCUT2D eigenvalue weighted by Crippen LogP contribution is -1.99. The quantitative estimate of drug-likeness (QED) is 0.794. The van der Waals surface area contributed by atoms with E-state index in [-0.39, 0.29) is 0 Å².